The van der Waals surface area contributed by atoms with Crippen molar-refractivity contribution in [3.8, 4) is 0 Å². The van der Waals surface area contributed by atoms with Crippen LogP contribution < -0.4 is 5.32 Å². The van der Waals surface area contributed by atoms with Crippen LogP contribution in [0.2, 0.25) is 0 Å². The van der Waals surface area contributed by atoms with Gasteiger partial charge in [0.15, 0.2) is 0 Å². The van der Waals surface area contributed by atoms with Gasteiger partial charge in [-0.2, -0.15) is 0 Å². The summed E-state index contributed by atoms with van der Waals surface area (Å²) >= 11 is 0. The van der Waals surface area contributed by atoms with Crippen LogP contribution in [-0.4, -0.2) is 12.6 Å². The summed E-state index contributed by atoms with van der Waals surface area (Å²) < 4.78 is 0. The third kappa shape index (κ3) is 7.80. The van der Waals surface area contributed by atoms with Gasteiger partial charge in [0.2, 0.25) is 0 Å². The fourth-order valence-electron chi connectivity index (χ4n) is 1.37. The largest absolute Gasteiger partial charge is 0.314 e. The van der Waals surface area contributed by atoms with E-state index in [1.54, 1.807) is 0 Å². The van der Waals surface area contributed by atoms with Gasteiger partial charge in [-0.25, -0.2) is 0 Å². The molecule has 0 aliphatic rings. The molecule has 0 aliphatic carbocycles. The predicted octanol–water partition coefficient (Wildman–Crippen LogP) is 2.98. The molecule has 0 spiro atoms. The molecule has 0 aliphatic heterocycles. The van der Waals surface area contributed by atoms with Gasteiger partial charge in [-0.1, -0.05) is 26.0 Å². The third-order valence-electron chi connectivity index (χ3n) is 1.86. The summed E-state index contributed by atoms with van der Waals surface area (Å²) in [5.41, 5.74) is 0. The van der Waals surface area contributed by atoms with E-state index in [1.165, 1.54) is 6.42 Å². The molecule has 0 saturated heterocycles. The van der Waals surface area contributed by atoms with Crippen LogP contribution >= 0.6 is 0 Å². The fourth-order valence-corrected chi connectivity index (χ4v) is 1.37. The van der Waals surface area contributed by atoms with Crippen molar-refractivity contribution in [1.29, 1.82) is 0 Å². The Kier molecular flexibility index (Phi) is 7.17. The van der Waals surface area contributed by atoms with Crippen LogP contribution in [0.15, 0.2) is 12.2 Å². The highest BCUT2D eigenvalue weighted by molar-refractivity contribution is 4.78. The van der Waals surface area contributed by atoms with Crippen LogP contribution in [0.5, 0.6) is 0 Å². The van der Waals surface area contributed by atoms with E-state index in [9.17, 15) is 0 Å². The molecule has 1 unspecified atom stereocenters. The maximum atomic E-state index is 3.50. The van der Waals surface area contributed by atoms with Gasteiger partial charge in [0.05, 0.1) is 0 Å². The number of nitrogens with one attached hydrogen (secondary N) is 1. The molecule has 0 bridgehead atoms. The lowest BCUT2D eigenvalue weighted by Crippen LogP contribution is -2.27. The second-order valence-corrected chi connectivity index (χ2v) is 3.84. The second kappa shape index (κ2) is 7.35. The molecule has 72 valence electrons. The van der Waals surface area contributed by atoms with Crippen LogP contribution in [0.4, 0.5) is 0 Å². The van der Waals surface area contributed by atoms with Crippen molar-refractivity contribution in [2.45, 2.75) is 46.6 Å². The molecule has 0 aromatic heterocycles. The first-order valence-electron chi connectivity index (χ1n) is 5.01. The Labute approximate surface area is 77.2 Å². The van der Waals surface area contributed by atoms with Crippen LogP contribution in [0.25, 0.3) is 0 Å². The van der Waals surface area contributed by atoms with E-state index in [-0.39, 0.29) is 0 Å². The molecule has 0 radical (unpaired) electrons. The van der Waals surface area contributed by atoms with Crippen LogP contribution in [0, 0.1) is 5.92 Å². The fraction of sp³-hybridized carbons (Fsp3) is 0.818. The van der Waals surface area contributed by atoms with Crippen LogP contribution in [0.1, 0.15) is 40.5 Å². The van der Waals surface area contributed by atoms with Crippen LogP contribution in [-0.2, 0) is 0 Å². The quantitative estimate of drug-likeness (QED) is 0.476. The third-order valence-corrected chi connectivity index (χ3v) is 1.86. The summed E-state index contributed by atoms with van der Waals surface area (Å²) in [5.74, 6) is 0.800. The van der Waals surface area contributed by atoms with Crippen molar-refractivity contribution < 1.29 is 0 Å². The van der Waals surface area contributed by atoms with Gasteiger partial charge in [-0.05, 0) is 39.2 Å². The van der Waals surface area contributed by atoms with Crippen molar-refractivity contribution in [2.24, 2.45) is 5.92 Å². The molecule has 12 heavy (non-hydrogen) atoms. The number of rotatable bonds is 6. The van der Waals surface area contributed by atoms with E-state index in [0.29, 0.717) is 6.04 Å². The van der Waals surface area contributed by atoms with Gasteiger partial charge in [-0.3, -0.25) is 0 Å². The highest BCUT2D eigenvalue weighted by atomic mass is 14.9. The lowest BCUT2D eigenvalue weighted by Gasteiger charge is -2.14. The Morgan fingerprint density at radius 1 is 1.25 bits per heavy atom. The molecular formula is C11H23N. The summed E-state index contributed by atoms with van der Waals surface area (Å²) in [6, 6.07) is 0.662. The summed E-state index contributed by atoms with van der Waals surface area (Å²) in [6.45, 7) is 9.97. The summed E-state index contributed by atoms with van der Waals surface area (Å²) in [5, 5.41) is 3.50. The Morgan fingerprint density at radius 3 is 2.42 bits per heavy atom. The lowest BCUT2D eigenvalue weighted by atomic mass is 10.1. The predicted molar refractivity (Wildman–Crippen MR) is 56.4 cm³/mol. The number of hydrogen-bond acceptors (Lipinski definition) is 1. The summed E-state index contributed by atoms with van der Waals surface area (Å²) in [7, 11) is 0. The minimum Gasteiger partial charge on any atom is -0.314 e. The van der Waals surface area contributed by atoms with E-state index >= 15 is 0 Å². The van der Waals surface area contributed by atoms with Gasteiger partial charge >= 0.3 is 0 Å². The van der Waals surface area contributed by atoms with E-state index in [2.05, 4.69) is 45.2 Å². The first-order chi connectivity index (χ1) is 5.66. The molecule has 0 aromatic rings. The normalized spacial score (nSPS) is 14.4. The molecule has 1 N–H and O–H groups in total. The Hall–Kier alpha value is -0.300. The van der Waals surface area contributed by atoms with E-state index in [4.69, 9.17) is 0 Å². The molecule has 0 aromatic carbocycles. The standard InChI is InChI=1S/C11H23N/c1-5-6-7-8-12-11(4)9-10(2)3/h5-6,10-12H,7-9H2,1-4H3/b6-5+. The zero-order valence-electron chi connectivity index (χ0n) is 8.93. The van der Waals surface area contributed by atoms with E-state index in [1.807, 2.05) is 0 Å². The van der Waals surface area contributed by atoms with Crippen molar-refractivity contribution in [3.05, 3.63) is 12.2 Å². The first kappa shape index (κ1) is 11.7. The molecule has 0 saturated carbocycles. The van der Waals surface area contributed by atoms with Crippen molar-refractivity contribution in [1.82, 2.24) is 5.32 Å². The summed E-state index contributed by atoms with van der Waals surface area (Å²) in [6.07, 6.45) is 6.73. The van der Waals surface area contributed by atoms with E-state index < -0.39 is 0 Å². The molecule has 1 atom stereocenters. The second-order valence-electron chi connectivity index (χ2n) is 3.84. The van der Waals surface area contributed by atoms with Crippen molar-refractivity contribution in [2.75, 3.05) is 6.54 Å². The molecule has 0 amide bonds. The maximum Gasteiger partial charge on any atom is 0.00412 e. The minimum absolute atomic E-state index is 0.662. The molecular weight excluding hydrogens is 146 g/mol. The van der Waals surface area contributed by atoms with Gasteiger partial charge in [-0.15, -0.1) is 0 Å². The number of hydrogen-bond donors (Lipinski definition) is 1. The molecule has 1 heteroatoms. The van der Waals surface area contributed by atoms with E-state index in [0.717, 1.165) is 18.9 Å². The molecule has 0 fully saturated rings. The average Bonchev–Trinajstić information content (AvgIpc) is 1.97. The summed E-state index contributed by atoms with van der Waals surface area (Å²) in [4.78, 5) is 0. The highest BCUT2D eigenvalue weighted by Gasteiger charge is 2.02. The Bertz CT molecular complexity index is 116. The monoisotopic (exact) mass is 169 g/mol. The van der Waals surface area contributed by atoms with Gasteiger partial charge in [0, 0.05) is 6.04 Å². The zero-order valence-corrected chi connectivity index (χ0v) is 8.93. The number of allylic oxidation sites excluding steroid dienone is 1. The smallest absolute Gasteiger partial charge is 0.00412 e. The van der Waals surface area contributed by atoms with Crippen molar-refractivity contribution >= 4 is 0 Å². The molecule has 0 heterocycles. The minimum atomic E-state index is 0.662. The highest BCUT2D eigenvalue weighted by Crippen LogP contribution is 2.03. The Morgan fingerprint density at radius 2 is 1.92 bits per heavy atom. The van der Waals surface area contributed by atoms with Crippen LogP contribution in [0.3, 0.4) is 0 Å². The first-order valence-corrected chi connectivity index (χ1v) is 5.01. The average molecular weight is 169 g/mol. The van der Waals surface area contributed by atoms with Gasteiger partial charge in [0.1, 0.15) is 0 Å². The lowest BCUT2D eigenvalue weighted by molar-refractivity contribution is 0.446. The Balaban J connectivity index is 3.25. The van der Waals surface area contributed by atoms with Gasteiger partial charge in [0.25, 0.3) is 0 Å². The van der Waals surface area contributed by atoms with Crippen molar-refractivity contribution in [3.63, 3.8) is 0 Å². The topological polar surface area (TPSA) is 12.0 Å². The zero-order chi connectivity index (χ0) is 9.40. The van der Waals surface area contributed by atoms with Gasteiger partial charge < -0.3 is 5.32 Å². The molecule has 0 rings (SSSR count). The SMILES string of the molecule is C/C=C/CCNC(C)CC(C)C. The maximum absolute atomic E-state index is 3.50. The molecule has 1 nitrogen and oxygen atoms in total.